The van der Waals surface area contributed by atoms with E-state index in [1.807, 2.05) is 26.0 Å². The summed E-state index contributed by atoms with van der Waals surface area (Å²) in [5.41, 5.74) is 3.26. The average Bonchev–Trinajstić information content (AvgIpc) is 2.93. The van der Waals surface area contributed by atoms with E-state index in [0.717, 1.165) is 30.6 Å². The van der Waals surface area contributed by atoms with Crippen LogP contribution >= 0.6 is 0 Å². The van der Waals surface area contributed by atoms with Crippen molar-refractivity contribution in [3.05, 3.63) is 34.9 Å². The first-order valence-electron chi connectivity index (χ1n) is 7.11. The Morgan fingerprint density at radius 1 is 1.50 bits per heavy atom. The summed E-state index contributed by atoms with van der Waals surface area (Å²) in [5, 5.41) is 3.29. The minimum Gasteiger partial charge on any atom is -0.468 e. The fraction of sp³-hybridized carbons (Fsp3) is 0.562. The molecular weight excluding hydrogens is 254 g/mol. The Labute approximate surface area is 120 Å². The summed E-state index contributed by atoms with van der Waals surface area (Å²) in [5.74, 6) is -0.255. The van der Waals surface area contributed by atoms with Crippen molar-refractivity contribution in [2.24, 2.45) is 0 Å². The summed E-state index contributed by atoms with van der Waals surface area (Å²) in [4.78, 5) is 12.0. The molecule has 1 heterocycles. The largest absolute Gasteiger partial charge is 0.468 e. The molecule has 0 aromatic heterocycles. The minimum absolute atomic E-state index is 0.202. The molecular formula is C16H23NO3. The molecule has 20 heavy (non-hydrogen) atoms. The molecule has 2 rings (SSSR count). The lowest BCUT2D eigenvalue weighted by molar-refractivity contribution is -0.143. The highest BCUT2D eigenvalue weighted by molar-refractivity contribution is 5.78. The molecule has 0 bridgehead atoms. The molecule has 0 spiro atoms. The number of carbonyl (C=O) groups excluding carboxylic acids is 1. The maximum Gasteiger partial charge on any atom is 0.327 e. The molecule has 0 aliphatic carbocycles. The van der Waals surface area contributed by atoms with Crippen molar-refractivity contribution in [3.8, 4) is 0 Å². The molecule has 1 N–H and O–H groups in total. The molecule has 0 saturated carbocycles. The minimum atomic E-state index is -0.426. The molecule has 1 aromatic rings. The maximum absolute atomic E-state index is 12.0. The van der Waals surface area contributed by atoms with Gasteiger partial charge in [0.1, 0.15) is 6.04 Å². The fourth-order valence-electron chi connectivity index (χ4n) is 2.64. The SMILES string of the molecule is COC(=O)C(NCC1CCCO1)c1ccc(C)cc1C. The molecule has 1 aliphatic rings. The zero-order valence-electron chi connectivity index (χ0n) is 12.4. The van der Waals surface area contributed by atoms with Gasteiger partial charge in [0.05, 0.1) is 13.2 Å². The van der Waals surface area contributed by atoms with Crippen LogP contribution in [0.15, 0.2) is 18.2 Å². The molecule has 0 radical (unpaired) electrons. The Hall–Kier alpha value is -1.39. The third-order valence-corrected chi connectivity index (χ3v) is 3.75. The lowest BCUT2D eigenvalue weighted by atomic mass is 9.99. The van der Waals surface area contributed by atoms with Crippen LogP contribution in [-0.4, -0.2) is 32.3 Å². The standard InChI is InChI=1S/C16H23NO3/c1-11-6-7-14(12(2)9-11)15(16(18)19-3)17-10-13-5-4-8-20-13/h6-7,9,13,15,17H,4-5,8,10H2,1-3H3. The number of hydrogen-bond donors (Lipinski definition) is 1. The fourth-order valence-corrected chi connectivity index (χ4v) is 2.64. The lowest BCUT2D eigenvalue weighted by Gasteiger charge is -2.21. The third kappa shape index (κ3) is 3.58. The zero-order chi connectivity index (χ0) is 14.5. The van der Waals surface area contributed by atoms with Gasteiger partial charge in [-0.3, -0.25) is 5.32 Å². The van der Waals surface area contributed by atoms with Gasteiger partial charge >= 0.3 is 5.97 Å². The summed E-state index contributed by atoms with van der Waals surface area (Å²) >= 11 is 0. The van der Waals surface area contributed by atoms with E-state index in [4.69, 9.17) is 9.47 Å². The van der Waals surface area contributed by atoms with Crippen molar-refractivity contribution in [2.75, 3.05) is 20.3 Å². The smallest absolute Gasteiger partial charge is 0.327 e. The number of rotatable bonds is 5. The van der Waals surface area contributed by atoms with Crippen LogP contribution in [0.3, 0.4) is 0 Å². The number of carbonyl (C=O) groups is 1. The number of esters is 1. The van der Waals surface area contributed by atoms with E-state index in [0.29, 0.717) is 6.54 Å². The van der Waals surface area contributed by atoms with Crippen molar-refractivity contribution in [1.29, 1.82) is 0 Å². The van der Waals surface area contributed by atoms with Gasteiger partial charge in [0.25, 0.3) is 0 Å². The lowest BCUT2D eigenvalue weighted by Crippen LogP contribution is -2.35. The van der Waals surface area contributed by atoms with E-state index in [9.17, 15) is 4.79 Å². The highest BCUT2D eigenvalue weighted by atomic mass is 16.5. The van der Waals surface area contributed by atoms with Gasteiger partial charge in [-0.15, -0.1) is 0 Å². The summed E-state index contributed by atoms with van der Waals surface area (Å²) in [7, 11) is 1.42. The monoisotopic (exact) mass is 277 g/mol. The summed E-state index contributed by atoms with van der Waals surface area (Å²) in [6, 6.07) is 5.67. The number of methoxy groups -OCH3 is 1. The topological polar surface area (TPSA) is 47.6 Å². The molecule has 1 aliphatic heterocycles. The molecule has 2 atom stereocenters. The summed E-state index contributed by atoms with van der Waals surface area (Å²) in [6.07, 6.45) is 2.35. The number of benzene rings is 1. The van der Waals surface area contributed by atoms with Gasteiger partial charge in [-0.25, -0.2) is 4.79 Å². The first-order chi connectivity index (χ1) is 9.61. The van der Waals surface area contributed by atoms with Gasteiger partial charge < -0.3 is 9.47 Å². The molecule has 4 heteroatoms. The van der Waals surface area contributed by atoms with Crippen molar-refractivity contribution in [2.45, 2.75) is 38.8 Å². The molecule has 2 unspecified atom stereocenters. The Kier molecular flexibility index (Phi) is 5.15. The Morgan fingerprint density at radius 3 is 2.90 bits per heavy atom. The Bertz CT molecular complexity index is 467. The Morgan fingerprint density at radius 2 is 2.30 bits per heavy atom. The predicted molar refractivity (Wildman–Crippen MR) is 77.6 cm³/mol. The van der Waals surface area contributed by atoms with E-state index in [2.05, 4.69) is 11.4 Å². The van der Waals surface area contributed by atoms with Crippen LogP contribution in [0, 0.1) is 13.8 Å². The highest BCUT2D eigenvalue weighted by Crippen LogP contribution is 2.21. The molecule has 1 fully saturated rings. The second kappa shape index (κ2) is 6.86. The summed E-state index contributed by atoms with van der Waals surface area (Å²) < 4.78 is 10.5. The van der Waals surface area contributed by atoms with Crippen LogP contribution in [-0.2, 0) is 14.3 Å². The maximum atomic E-state index is 12.0. The zero-order valence-corrected chi connectivity index (χ0v) is 12.4. The van der Waals surface area contributed by atoms with Crippen molar-refractivity contribution < 1.29 is 14.3 Å². The second-order valence-corrected chi connectivity index (χ2v) is 5.36. The number of aryl methyl sites for hydroxylation is 2. The van der Waals surface area contributed by atoms with Gasteiger partial charge in [-0.1, -0.05) is 23.8 Å². The van der Waals surface area contributed by atoms with Crippen molar-refractivity contribution >= 4 is 5.97 Å². The van der Waals surface area contributed by atoms with E-state index in [-0.39, 0.29) is 12.1 Å². The first kappa shape index (κ1) is 15.0. The van der Waals surface area contributed by atoms with Gasteiger partial charge in [0.2, 0.25) is 0 Å². The van der Waals surface area contributed by atoms with Crippen LogP contribution in [0.1, 0.15) is 35.6 Å². The third-order valence-electron chi connectivity index (χ3n) is 3.75. The average molecular weight is 277 g/mol. The molecule has 1 saturated heterocycles. The number of nitrogens with one attached hydrogen (secondary N) is 1. The molecule has 110 valence electrons. The summed E-state index contributed by atoms with van der Waals surface area (Å²) in [6.45, 7) is 5.56. The Balaban J connectivity index is 2.11. The highest BCUT2D eigenvalue weighted by Gasteiger charge is 2.25. The second-order valence-electron chi connectivity index (χ2n) is 5.36. The van der Waals surface area contributed by atoms with E-state index < -0.39 is 6.04 Å². The normalized spacial score (nSPS) is 19.9. The van der Waals surface area contributed by atoms with Gasteiger partial charge in [0, 0.05) is 13.2 Å². The van der Waals surface area contributed by atoms with Crippen LogP contribution in [0.25, 0.3) is 0 Å². The van der Waals surface area contributed by atoms with Gasteiger partial charge in [-0.05, 0) is 37.8 Å². The van der Waals surface area contributed by atoms with Crippen molar-refractivity contribution in [3.63, 3.8) is 0 Å². The van der Waals surface area contributed by atoms with Crippen LogP contribution in [0.2, 0.25) is 0 Å². The molecule has 4 nitrogen and oxygen atoms in total. The first-order valence-corrected chi connectivity index (χ1v) is 7.11. The van der Waals surface area contributed by atoms with Gasteiger partial charge in [-0.2, -0.15) is 0 Å². The van der Waals surface area contributed by atoms with E-state index in [1.165, 1.54) is 12.7 Å². The van der Waals surface area contributed by atoms with E-state index in [1.54, 1.807) is 0 Å². The van der Waals surface area contributed by atoms with Crippen LogP contribution < -0.4 is 5.32 Å². The van der Waals surface area contributed by atoms with Gasteiger partial charge in [0.15, 0.2) is 0 Å². The molecule has 1 aromatic carbocycles. The molecule has 0 amide bonds. The number of ether oxygens (including phenoxy) is 2. The van der Waals surface area contributed by atoms with E-state index >= 15 is 0 Å². The predicted octanol–water partition coefficient (Wildman–Crippen LogP) is 2.29. The van der Waals surface area contributed by atoms with Crippen molar-refractivity contribution in [1.82, 2.24) is 5.32 Å². The number of hydrogen-bond acceptors (Lipinski definition) is 4. The van der Waals surface area contributed by atoms with Crippen LogP contribution in [0.4, 0.5) is 0 Å². The van der Waals surface area contributed by atoms with Crippen LogP contribution in [0.5, 0.6) is 0 Å². The quantitative estimate of drug-likeness (QED) is 0.839.